The Bertz CT molecular complexity index is 765. The highest BCUT2D eigenvalue weighted by Crippen LogP contribution is 2.48. The molecule has 0 amide bonds. The fraction of sp³-hybridized carbons (Fsp3) is 0.500. The van der Waals surface area contributed by atoms with Gasteiger partial charge >= 0.3 is 0 Å². The lowest BCUT2D eigenvalue weighted by atomic mass is 9.95. The van der Waals surface area contributed by atoms with E-state index in [1.54, 1.807) is 6.07 Å². The van der Waals surface area contributed by atoms with Crippen molar-refractivity contribution in [3.63, 3.8) is 0 Å². The van der Waals surface area contributed by atoms with Gasteiger partial charge in [0.1, 0.15) is 12.4 Å². The van der Waals surface area contributed by atoms with Crippen LogP contribution in [0, 0.1) is 5.82 Å². The molecule has 0 aliphatic heterocycles. The molecule has 0 unspecified atom stereocenters. The molecule has 0 bridgehead atoms. The highest BCUT2D eigenvalue weighted by molar-refractivity contribution is 5.79. The zero-order valence-electron chi connectivity index (χ0n) is 15.7. The molecule has 26 heavy (non-hydrogen) atoms. The first-order chi connectivity index (χ1) is 12.5. The van der Waals surface area contributed by atoms with Crippen molar-refractivity contribution in [1.82, 2.24) is 15.8 Å². The van der Waals surface area contributed by atoms with Gasteiger partial charge in [0.15, 0.2) is 11.7 Å². The van der Waals surface area contributed by atoms with Crippen LogP contribution in [-0.2, 0) is 12.0 Å². The number of rotatable bonds is 7. The summed E-state index contributed by atoms with van der Waals surface area (Å²) in [5.74, 6) is 1.65. The van der Waals surface area contributed by atoms with Gasteiger partial charge in [-0.15, -0.1) is 0 Å². The quantitative estimate of drug-likeness (QED) is 0.585. The van der Waals surface area contributed by atoms with Crippen LogP contribution in [0.3, 0.4) is 0 Å². The Morgan fingerprint density at radius 2 is 2.08 bits per heavy atom. The number of aromatic nitrogens is 1. The van der Waals surface area contributed by atoms with Crippen LogP contribution >= 0.6 is 0 Å². The molecule has 1 aliphatic rings. The predicted octanol–water partition coefficient (Wildman–Crippen LogP) is 3.72. The van der Waals surface area contributed by atoms with Crippen molar-refractivity contribution >= 4 is 5.96 Å². The van der Waals surface area contributed by atoms with Crippen LogP contribution in [0.5, 0.6) is 0 Å². The molecule has 2 N–H and O–H groups in total. The number of nitrogens with zero attached hydrogens (tertiary/aromatic N) is 2. The number of hydrogen-bond donors (Lipinski definition) is 2. The summed E-state index contributed by atoms with van der Waals surface area (Å²) in [6, 6.07) is 8.99. The molecule has 0 spiro atoms. The molecule has 3 rings (SSSR count). The van der Waals surface area contributed by atoms with Gasteiger partial charge in [0.2, 0.25) is 0 Å². The summed E-state index contributed by atoms with van der Waals surface area (Å²) in [4.78, 5) is 4.57. The van der Waals surface area contributed by atoms with E-state index in [-0.39, 0.29) is 11.2 Å². The van der Waals surface area contributed by atoms with Crippen LogP contribution in [0.2, 0.25) is 0 Å². The fourth-order valence-corrected chi connectivity index (χ4v) is 3.01. The third kappa shape index (κ3) is 4.23. The summed E-state index contributed by atoms with van der Waals surface area (Å²) >= 11 is 0. The van der Waals surface area contributed by atoms with E-state index in [0.717, 1.165) is 36.4 Å². The van der Waals surface area contributed by atoms with Crippen molar-refractivity contribution in [3.05, 3.63) is 53.2 Å². The molecular formula is C20H27FN4O. The molecule has 6 heteroatoms. The molecule has 1 aromatic carbocycles. The lowest BCUT2D eigenvalue weighted by molar-refractivity contribution is 0.376. The maximum atomic E-state index is 14.1. The maximum Gasteiger partial charge on any atom is 0.191 e. The molecule has 0 atom stereocenters. The van der Waals surface area contributed by atoms with Gasteiger partial charge in [-0.1, -0.05) is 37.2 Å². The van der Waals surface area contributed by atoms with Gasteiger partial charge in [-0.2, -0.15) is 0 Å². The van der Waals surface area contributed by atoms with Crippen molar-refractivity contribution in [2.75, 3.05) is 13.1 Å². The van der Waals surface area contributed by atoms with Crippen LogP contribution in [0.25, 0.3) is 0 Å². The van der Waals surface area contributed by atoms with E-state index in [9.17, 15) is 4.39 Å². The van der Waals surface area contributed by atoms with Gasteiger partial charge in [0, 0.05) is 24.6 Å². The number of guanidine groups is 1. The second kappa shape index (κ2) is 7.89. The standard InChI is InChI=1S/C20H27FN4O/c1-4-22-19(23-12-15-11-18(14(2)3)25-26-15)24-13-20(9-10-20)16-7-5-6-8-17(16)21/h5-8,11,14H,4,9-10,12-13H2,1-3H3,(H2,22,23,24). The molecule has 1 saturated carbocycles. The number of aliphatic imine (C=N–C) groups is 1. The van der Waals surface area contributed by atoms with E-state index in [2.05, 4.69) is 34.6 Å². The van der Waals surface area contributed by atoms with E-state index in [4.69, 9.17) is 4.52 Å². The Balaban J connectivity index is 1.64. The minimum Gasteiger partial charge on any atom is -0.359 e. The normalized spacial score (nSPS) is 16.0. The lowest BCUT2D eigenvalue weighted by Gasteiger charge is -2.19. The summed E-state index contributed by atoms with van der Waals surface area (Å²) < 4.78 is 19.5. The average molecular weight is 358 g/mol. The first kappa shape index (κ1) is 18.4. The average Bonchev–Trinajstić information content (AvgIpc) is 3.25. The number of hydrogen-bond acceptors (Lipinski definition) is 3. The third-order valence-corrected chi connectivity index (χ3v) is 4.80. The van der Waals surface area contributed by atoms with Gasteiger partial charge in [0.25, 0.3) is 0 Å². The van der Waals surface area contributed by atoms with Crippen molar-refractivity contribution in [1.29, 1.82) is 0 Å². The van der Waals surface area contributed by atoms with Gasteiger partial charge in [-0.3, -0.25) is 0 Å². The minimum absolute atomic E-state index is 0.126. The second-order valence-electron chi connectivity index (χ2n) is 7.18. The van der Waals surface area contributed by atoms with Crippen LogP contribution in [-0.4, -0.2) is 24.2 Å². The minimum atomic E-state index is -0.128. The molecule has 0 saturated heterocycles. The Kier molecular flexibility index (Phi) is 5.59. The first-order valence-electron chi connectivity index (χ1n) is 9.27. The Hall–Kier alpha value is -2.37. The van der Waals surface area contributed by atoms with Gasteiger partial charge in [0.05, 0.1) is 5.69 Å². The topological polar surface area (TPSA) is 62.5 Å². The van der Waals surface area contributed by atoms with E-state index < -0.39 is 0 Å². The Labute approximate surface area is 154 Å². The van der Waals surface area contributed by atoms with E-state index in [0.29, 0.717) is 25.0 Å². The molecule has 1 heterocycles. The van der Waals surface area contributed by atoms with Crippen LogP contribution in [0.15, 0.2) is 39.8 Å². The van der Waals surface area contributed by atoms with Gasteiger partial charge < -0.3 is 15.2 Å². The van der Waals surface area contributed by atoms with E-state index in [1.807, 2.05) is 25.1 Å². The molecule has 1 fully saturated rings. The highest BCUT2D eigenvalue weighted by Gasteiger charge is 2.45. The van der Waals surface area contributed by atoms with Crippen molar-refractivity contribution < 1.29 is 8.91 Å². The second-order valence-corrected chi connectivity index (χ2v) is 7.18. The Morgan fingerprint density at radius 3 is 2.69 bits per heavy atom. The number of nitrogens with one attached hydrogen (secondary N) is 2. The zero-order chi connectivity index (χ0) is 18.6. The summed E-state index contributed by atoms with van der Waals surface area (Å²) in [6.45, 7) is 8.01. The molecule has 1 aromatic heterocycles. The summed E-state index contributed by atoms with van der Waals surface area (Å²) in [5, 5.41) is 10.6. The Morgan fingerprint density at radius 1 is 1.31 bits per heavy atom. The van der Waals surface area contributed by atoms with Crippen molar-refractivity contribution in [2.45, 2.75) is 51.5 Å². The fourth-order valence-electron chi connectivity index (χ4n) is 3.01. The number of benzene rings is 1. The van der Waals surface area contributed by atoms with Gasteiger partial charge in [-0.05, 0) is 37.3 Å². The van der Waals surface area contributed by atoms with Crippen LogP contribution in [0.1, 0.15) is 56.5 Å². The zero-order valence-corrected chi connectivity index (χ0v) is 15.7. The molecular weight excluding hydrogens is 331 g/mol. The summed E-state index contributed by atoms with van der Waals surface area (Å²) in [7, 11) is 0. The molecule has 2 aromatic rings. The van der Waals surface area contributed by atoms with Crippen molar-refractivity contribution in [2.24, 2.45) is 4.99 Å². The SMILES string of the molecule is CCNC(=NCc1cc(C(C)C)no1)NCC1(c2ccccc2F)CC1. The number of halogens is 1. The third-order valence-electron chi connectivity index (χ3n) is 4.80. The van der Waals surface area contributed by atoms with Crippen molar-refractivity contribution in [3.8, 4) is 0 Å². The smallest absolute Gasteiger partial charge is 0.191 e. The molecule has 140 valence electrons. The predicted molar refractivity (Wildman–Crippen MR) is 101 cm³/mol. The van der Waals surface area contributed by atoms with Crippen LogP contribution in [0.4, 0.5) is 4.39 Å². The van der Waals surface area contributed by atoms with Crippen LogP contribution < -0.4 is 10.6 Å². The highest BCUT2D eigenvalue weighted by atomic mass is 19.1. The van der Waals surface area contributed by atoms with E-state index >= 15 is 0 Å². The molecule has 0 radical (unpaired) electrons. The van der Waals surface area contributed by atoms with Gasteiger partial charge in [-0.25, -0.2) is 9.38 Å². The maximum absolute atomic E-state index is 14.1. The summed E-state index contributed by atoms with van der Waals surface area (Å²) in [6.07, 6.45) is 1.97. The largest absolute Gasteiger partial charge is 0.359 e. The lowest BCUT2D eigenvalue weighted by Crippen LogP contribution is -2.41. The monoisotopic (exact) mass is 358 g/mol. The molecule has 1 aliphatic carbocycles. The molecule has 5 nitrogen and oxygen atoms in total. The summed E-state index contributed by atoms with van der Waals surface area (Å²) in [5.41, 5.74) is 1.60. The first-order valence-corrected chi connectivity index (χ1v) is 9.27. The van der Waals surface area contributed by atoms with E-state index in [1.165, 1.54) is 6.07 Å².